The predicted molar refractivity (Wildman–Crippen MR) is 73.5 cm³/mol. The second-order valence-electron chi connectivity index (χ2n) is 4.93. The lowest BCUT2D eigenvalue weighted by molar-refractivity contribution is -0.124. The summed E-state index contributed by atoms with van der Waals surface area (Å²) in [6, 6.07) is 5.38. The fraction of sp³-hybridized carbons (Fsp3) is 0.500. The number of nitrogens with two attached hydrogens (primary N) is 1. The van der Waals surface area contributed by atoms with Crippen LogP contribution in [0.4, 0.5) is 5.69 Å². The van der Waals surface area contributed by atoms with Crippen molar-refractivity contribution in [2.45, 2.75) is 20.3 Å². The lowest BCUT2D eigenvalue weighted by atomic mass is 9.86. The van der Waals surface area contributed by atoms with Crippen LogP contribution in [0.15, 0.2) is 18.2 Å². The number of carbonyl (C=O) groups excluding carboxylic acids is 1. The van der Waals surface area contributed by atoms with Crippen LogP contribution in [-0.4, -0.2) is 25.7 Å². The summed E-state index contributed by atoms with van der Waals surface area (Å²) >= 11 is 0. The van der Waals surface area contributed by atoms with E-state index >= 15 is 0 Å². The Morgan fingerprint density at radius 2 is 2.05 bits per heavy atom. The highest BCUT2D eigenvalue weighted by atomic mass is 16.6. The number of carbonyl (C=O) groups is 1. The maximum absolute atomic E-state index is 12.2. The summed E-state index contributed by atoms with van der Waals surface area (Å²) in [6.45, 7) is 5.22. The van der Waals surface area contributed by atoms with Gasteiger partial charge in [-0.25, -0.2) is 0 Å². The molecule has 0 spiro atoms. The summed E-state index contributed by atoms with van der Waals surface area (Å²) in [5.41, 5.74) is 5.83. The molecule has 0 bridgehead atoms. The molecule has 1 aliphatic heterocycles. The number of ether oxygens (including phenoxy) is 2. The van der Waals surface area contributed by atoms with Gasteiger partial charge in [-0.1, -0.05) is 6.92 Å². The zero-order chi connectivity index (χ0) is 13.9. The Morgan fingerprint density at radius 1 is 1.37 bits per heavy atom. The largest absolute Gasteiger partial charge is 0.486 e. The summed E-state index contributed by atoms with van der Waals surface area (Å²) in [5.74, 6) is 1.30. The number of amides is 1. The van der Waals surface area contributed by atoms with Gasteiger partial charge in [0.1, 0.15) is 13.2 Å². The first kappa shape index (κ1) is 13.7. The van der Waals surface area contributed by atoms with Gasteiger partial charge in [0.15, 0.2) is 11.5 Å². The van der Waals surface area contributed by atoms with Crippen molar-refractivity contribution >= 4 is 11.6 Å². The lowest BCUT2D eigenvalue weighted by Crippen LogP contribution is -2.39. The monoisotopic (exact) mass is 264 g/mol. The Labute approximate surface area is 113 Å². The van der Waals surface area contributed by atoms with E-state index in [1.54, 1.807) is 18.2 Å². The number of benzene rings is 1. The predicted octanol–water partition coefficient (Wildman–Crippen LogP) is 1.77. The standard InChI is InChI=1S/C14H20N2O3/c1-3-14(2,9-15)13(17)16-10-4-5-11-12(8-10)19-7-6-18-11/h4-5,8H,3,6-7,9,15H2,1-2H3,(H,16,17). The molecule has 1 aromatic carbocycles. The molecule has 0 saturated carbocycles. The number of anilines is 1. The molecule has 1 aliphatic rings. The molecule has 1 amide bonds. The van der Waals surface area contributed by atoms with Gasteiger partial charge in [-0.3, -0.25) is 4.79 Å². The fourth-order valence-electron chi connectivity index (χ4n) is 1.80. The van der Waals surface area contributed by atoms with Gasteiger partial charge in [0.2, 0.25) is 5.91 Å². The van der Waals surface area contributed by atoms with Gasteiger partial charge in [-0.05, 0) is 25.5 Å². The Kier molecular flexibility index (Phi) is 3.95. The Morgan fingerprint density at radius 3 is 2.68 bits per heavy atom. The molecule has 1 unspecified atom stereocenters. The molecular formula is C14H20N2O3. The lowest BCUT2D eigenvalue weighted by Gasteiger charge is -2.25. The van der Waals surface area contributed by atoms with Crippen molar-refractivity contribution in [1.82, 2.24) is 0 Å². The summed E-state index contributed by atoms with van der Waals surface area (Å²) in [5, 5.41) is 2.88. The van der Waals surface area contributed by atoms with Crippen LogP contribution in [0.1, 0.15) is 20.3 Å². The van der Waals surface area contributed by atoms with Gasteiger partial charge in [-0.15, -0.1) is 0 Å². The number of nitrogens with one attached hydrogen (secondary N) is 1. The molecule has 5 heteroatoms. The number of hydrogen-bond acceptors (Lipinski definition) is 4. The molecule has 0 aliphatic carbocycles. The highest BCUT2D eigenvalue weighted by Crippen LogP contribution is 2.33. The maximum atomic E-state index is 12.2. The van der Waals surface area contributed by atoms with E-state index in [1.165, 1.54) is 0 Å². The van der Waals surface area contributed by atoms with E-state index in [9.17, 15) is 4.79 Å². The van der Waals surface area contributed by atoms with Gasteiger partial charge in [0.25, 0.3) is 0 Å². The molecule has 2 rings (SSSR count). The molecule has 1 heterocycles. The van der Waals surface area contributed by atoms with Crippen molar-refractivity contribution in [2.24, 2.45) is 11.1 Å². The zero-order valence-corrected chi connectivity index (χ0v) is 11.4. The first-order valence-corrected chi connectivity index (χ1v) is 6.50. The van der Waals surface area contributed by atoms with Crippen LogP contribution >= 0.6 is 0 Å². The van der Waals surface area contributed by atoms with Crippen LogP contribution in [0.25, 0.3) is 0 Å². The van der Waals surface area contributed by atoms with Crippen LogP contribution < -0.4 is 20.5 Å². The van der Waals surface area contributed by atoms with Gasteiger partial charge in [0, 0.05) is 18.3 Å². The minimum Gasteiger partial charge on any atom is -0.486 e. The van der Waals surface area contributed by atoms with Gasteiger partial charge in [-0.2, -0.15) is 0 Å². The van der Waals surface area contributed by atoms with Crippen molar-refractivity contribution in [1.29, 1.82) is 0 Å². The molecule has 3 N–H and O–H groups in total. The second-order valence-corrected chi connectivity index (χ2v) is 4.93. The Hall–Kier alpha value is -1.75. The minimum atomic E-state index is -0.548. The number of hydrogen-bond donors (Lipinski definition) is 2. The van der Waals surface area contributed by atoms with E-state index in [2.05, 4.69) is 5.32 Å². The first-order chi connectivity index (χ1) is 9.09. The van der Waals surface area contributed by atoms with Gasteiger partial charge >= 0.3 is 0 Å². The van der Waals surface area contributed by atoms with E-state index < -0.39 is 5.41 Å². The van der Waals surface area contributed by atoms with Crippen LogP contribution in [0, 0.1) is 5.41 Å². The molecule has 0 radical (unpaired) electrons. The molecule has 0 fully saturated rings. The van der Waals surface area contributed by atoms with Crippen molar-refractivity contribution < 1.29 is 14.3 Å². The quantitative estimate of drug-likeness (QED) is 0.869. The van der Waals surface area contributed by atoms with Crippen molar-refractivity contribution in [2.75, 3.05) is 25.1 Å². The number of fused-ring (bicyclic) bond motifs is 1. The van der Waals surface area contributed by atoms with Crippen LogP contribution in [0.3, 0.4) is 0 Å². The molecule has 104 valence electrons. The summed E-state index contributed by atoms with van der Waals surface area (Å²) in [4.78, 5) is 12.2. The van der Waals surface area contributed by atoms with Crippen LogP contribution in [0.2, 0.25) is 0 Å². The minimum absolute atomic E-state index is 0.0748. The highest BCUT2D eigenvalue weighted by Gasteiger charge is 2.29. The summed E-state index contributed by atoms with van der Waals surface area (Å²) in [6.07, 6.45) is 0.694. The van der Waals surface area contributed by atoms with Gasteiger partial charge in [0.05, 0.1) is 5.41 Å². The molecule has 1 aromatic rings. The first-order valence-electron chi connectivity index (χ1n) is 6.50. The van der Waals surface area contributed by atoms with E-state index in [-0.39, 0.29) is 5.91 Å². The van der Waals surface area contributed by atoms with E-state index in [0.29, 0.717) is 43.4 Å². The molecule has 19 heavy (non-hydrogen) atoms. The average molecular weight is 264 g/mol. The summed E-state index contributed by atoms with van der Waals surface area (Å²) in [7, 11) is 0. The second kappa shape index (κ2) is 5.48. The van der Waals surface area contributed by atoms with E-state index in [0.717, 1.165) is 0 Å². The molecule has 5 nitrogen and oxygen atoms in total. The van der Waals surface area contributed by atoms with Crippen molar-refractivity contribution in [3.05, 3.63) is 18.2 Å². The third kappa shape index (κ3) is 2.81. The SMILES string of the molecule is CCC(C)(CN)C(=O)Nc1ccc2c(c1)OCCO2. The number of rotatable bonds is 4. The molecule has 0 aromatic heterocycles. The highest BCUT2D eigenvalue weighted by molar-refractivity contribution is 5.95. The van der Waals surface area contributed by atoms with Gasteiger partial charge < -0.3 is 20.5 Å². The smallest absolute Gasteiger partial charge is 0.231 e. The average Bonchev–Trinajstić information content (AvgIpc) is 2.46. The molecular weight excluding hydrogens is 244 g/mol. The fourth-order valence-corrected chi connectivity index (χ4v) is 1.80. The Balaban J connectivity index is 2.13. The van der Waals surface area contributed by atoms with Crippen LogP contribution in [0.5, 0.6) is 11.5 Å². The Bertz CT molecular complexity index is 470. The van der Waals surface area contributed by atoms with E-state index in [4.69, 9.17) is 15.2 Å². The van der Waals surface area contributed by atoms with E-state index in [1.807, 2.05) is 13.8 Å². The topological polar surface area (TPSA) is 73.6 Å². The molecule has 1 atom stereocenters. The third-order valence-electron chi connectivity index (χ3n) is 3.58. The maximum Gasteiger partial charge on any atom is 0.231 e. The third-order valence-corrected chi connectivity index (χ3v) is 3.58. The summed E-state index contributed by atoms with van der Waals surface area (Å²) < 4.78 is 10.9. The molecule has 0 saturated heterocycles. The van der Waals surface area contributed by atoms with Crippen LogP contribution in [-0.2, 0) is 4.79 Å². The normalized spacial score (nSPS) is 16.6. The van der Waals surface area contributed by atoms with Crippen molar-refractivity contribution in [3.63, 3.8) is 0 Å². The van der Waals surface area contributed by atoms with Crippen molar-refractivity contribution in [3.8, 4) is 11.5 Å². The zero-order valence-electron chi connectivity index (χ0n) is 11.4.